The molecule has 2 aromatic rings. The van der Waals surface area contributed by atoms with Gasteiger partial charge in [-0.2, -0.15) is 0 Å². The van der Waals surface area contributed by atoms with Crippen LogP contribution < -0.4 is 0 Å². The van der Waals surface area contributed by atoms with Crippen LogP contribution in [0.2, 0.25) is 5.02 Å². The summed E-state index contributed by atoms with van der Waals surface area (Å²) in [6.07, 6.45) is 0.781. The lowest BCUT2D eigenvalue weighted by atomic mass is 10.00. The van der Waals surface area contributed by atoms with Crippen molar-refractivity contribution in [2.75, 3.05) is 20.1 Å². The van der Waals surface area contributed by atoms with Gasteiger partial charge in [0.25, 0.3) is 11.6 Å². The number of amides is 2. The Bertz CT molecular complexity index is 916. The molecule has 1 aliphatic rings. The monoisotopic (exact) mass is 387 g/mol. The molecule has 1 heterocycles. The van der Waals surface area contributed by atoms with Gasteiger partial charge in [0, 0.05) is 31.8 Å². The normalized spacial score (nSPS) is 13.0. The van der Waals surface area contributed by atoms with Crippen LogP contribution in [-0.2, 0) is 17.8 Å². The molecule has 0 unspecified atom stereocenters. The van der Waals surface area contributed by atoms with Gasteiger partial charge in [-0.05, 0) is 29.7 Å². The second-order valence-corrected chi connectivity index (χ2v) is 6.83. The van der Waals surface area contributed by atoms with Crippen LogP contribution in [0.15, 0.2) is 42.5 Å². The molecule has 0 saturated carbocycles. The van der Waals surface area contributed by atoms with Crippen LogP contribution in [0, 0.1) is 10.1 Å². The molecule has 0 bridgehead atoms. The van der Waals surface area contributed by atoms with Crippen molar-refractivity contribution in [3.05, 3.63) is 74.3 Å². The van der Waals surface area contributed by atoms with Gasteiger partial charge in [-0.3, -0.25) is 19.7 Å². The molecule has 0 atom stereocenters. The van der Waals surface area contributed by atoms with Crippen LogP contribution in [0.1, 0.15) is 21.5 Å². The second kappa shape index (κ2) is 7.75. The number of carbonyl (C=O) groups is 2. The van der Waals surface area contributed by atoms with E-state index >= 15 is 0 Å². The summed E-state index contributed by atoms with van der Waals surface area (Å²) in [6.45, 7) is 1.02. The summed E-state index contributed by atoms with van der Waals surface area (Å²) in [5.74, 6) is -0.635. The second-order valence-electron chi connectivity index (χ2n) is 6.42. The van der Waals surface area contributed by atoms with Crippen molar-refractivity contribution in [3.63, 3.8) is 0 Å². The summed E-state index contributed by atoms with van der Waals surface area (Å²) in [6, 6.07) is 11.8. The number of rotatable bonds is 4. The molecule has 0 fully saturated rings. The average molecular weight is 388 g/mol. The van der Waals surface area contributed by atoms with Crippen molar-refractivity contribution >= 4 is 29.1 Å². The quantitative estimate of drug-likeness (QED) is 0.596. The molecular weight excluding hydrogens is 370 g/mol. The lowest BCUT2D eigenvalue weighted by Crippen LogP contribution is -2.43. The van der Waals surface area contributed by atoms with Crippen molar-refractivity contribution in [1.29, 1.82) is 0 Å². The van der Waals surface area contributed by atoms with Gasteiger partial charge in [-0.1, -0.05) is 35.9 Å². The molecule has 0 aromatic heterocycles. The SMILES string of the molecule is CN(CC(=O)N1CCc2ccccc2C1)C(=O)c1ccc(Cl)c([N+](=O)[O-])c1. The number of nitrogens with zero attached hydrogens (tertiary/aromatic N) is 3. The molecular formula is C19H18ClN3O4. The van der Waals surface area contributed by atoms with Crippen LogP contribution in [0.5, 0.6) is 0 Å². The van der Waals surface area contributed by atoms with E-state index in [9.17, 15) is 19.7 Å². The molecule has 0 N–H and O–H groups in total. The van der Waals surface area contributed by atoms with E-state index in [1.165, 1.54) is 29.6 Å². The van der Waals surface area contributed by atoms with E-state index in [0.29, 0.717) is 13.1 Å². The first kappa shape index (κ1) is 18.8. The predicted octanol–water partition coefficient (Wildman–Crippen LogP) is 2.91. The van der Waals surface area contributed by atoms with E-state index in [0.717, 1.165) is 18.1 Å². The third-order valence-electron chi connectivity index (χ3n) is 4.59. The fraction of sp³-hybridized carbons (Fsp3) is 0.263. The Hall–Kier alpha value is -2.93. The van der Waals surface area contributed by atoms with Gasteiger partial charge in [0.05, 0.1) is 11.5 Å². The van der Waals surface area contributed by atoms with Crippen molar-refractivity contribution < 1.29 is 14.5 Å². The summed E-state index contributed by atoms with van der Waals surface area (Å²) < 4.78 is 0. The molecule has 0 saturated heterocycles. The molecule has 8 heteroatoms. The minimum atomic E-state index is -0.643. The number of nitro groups is 1. The maximum absolute atomic E-state index is 12.6. The summed E-state index contributed by atoms with van der Waals surface area (Å²) in [5, 5.41) is 10.9. The summed E-state index contributed by atoms with van der Waals surface area (Å²) >= 11 is 5.78. The summed E-state index contributed by atoms with van der Waals surface area (Å²) in [4.78, 5) is 38.4. The van der Waals surface area contributed by atoms with E-state index in [1.54, 1.807) is 4.90 Å². The first-order chi connectivity index (χ1) is 12.9. The molecule has 3 rings (SSSR count). The third-order valence-corrected chi connectivity index (χ3v) is 4.91. The Kier molecular flexibility index (Phi) is 5.41. The van der Waals surface area contributed by atoms with Crippen molar-refractivity contribution in [2.24, 2.45) is 0 Å². The molecule has 140 valence electrons. The standard InChI is InChI=1S/C19H18ClN3O4/c1-21(19(25)14-6-7-16(20)17(10-14)23(26)27)12-18(24)22-9-8-13-4-2-3-5-15(13)11-22/h2-7,10H,8-9,11-12H2,1H3. The molecule has 7 nitrogen and oxygen atoms in total. The average Bonchev–Trinajstić information content (AvgIpc) is 2.67. The van der Waals surface area contributed by atoms with E-state index in [4.69, 9.17) is 11.6 Å². The molecule has 0 spiro atoms. The van der Waals surface area contributed by atoms with Crippen LogP contribution in [0.25, 0.3) is 0 Å². The van der Waals surface area contributed by atoms with Gasteiger partial charge in [-0.25, -0.2) is 0 Å². The maximum atomic E-state index is 12.6. The minimum absolute atomic E-state index is 0.0396. The topological polar surface area (TPSA) is 83.8 Å². The van der Waals surface area contributed by atoms with Gasteiger partial charge >= 0.3 is 0 Å². The van der Waals surface area contributed by atoms with E-state index in [2.05, 4.69) is 6.07 Å². The number of likely N-dealkylation sites (N-methyl/N-ethyl adjacent to an activating group) is 1. The fourth-order valence-electron chi connectivity index (χ4n) is 3.09. The molecule has 0 aliphatic carbocycles. The van der Waals surface area contributed by atoms with Crippen molar-refractivity contribution in [3.8, 4) is 0 Å². The van der Waals surface area contributed by atoms with Crippen LogP contribution in [-0.4, -0.2) is 46.7 Å². The summed E-state index contributed by atoms with van der Waals surface area (Å²) in [7, 11) is 1.50. The number of benzene rings is 2. The number of hydrogen-bond acceptors (Lipinski definition) is 4. The van der Waals surface area contributed by atoms with Crippen LogP contribution >= 0.6 is 11.6 Å². The Morgan fingerprint density at radius 3 is 2.63 bits per heavy atom. The lowest BCUT2D eigenvalue weighted by Gasteiger charge is -2.30. The van der Waals surface area contributed by atoms with Gasteiger partial charge in [0.1, 0.15) is 5.02 Å². The first-order valence-corrected chi connectivity index (χ1v) is 8.78. The zero-order chi connectivity index (χ0) is 19.6. The summed E-state index contributed by atoms with van der Waals surface area (Å²) in [5.41, 5.74) is 2.12. The number of nitro benzene ring substituents is 1. The highest BCUT2D eigenvalue weighted by atomic mass is 35.5. The van der Waals surface area contributed by atoms with Gasteiger partial charge in [-0.15, -0.1) is 0 Å². The Morgan fingerprint density at radius 1 is 1.22 bits per heavy atom. The van der Waals surface area contributed by atoms with Crippen LogP contribution in [0.4, 0.5) is 5.69 Å². The van der Waals surface area contributed by atoms with Gasteiger partial charge in [0.2, 0.25) is 5.91 Å². The highest BCUT2D eigenvalue weighted by molar-refractivity contribution is 6.32. The highest BCUT2D eigenvalue weighted by Gasteiger charge is 2.24. The smallest absolute Gasteiger partial charge is 0.288 e. The first-order valence-electron chi connectivity index (χ1n) is 8.41. The Balaban J connectivity index is 1.67. The van der Waals surface area contributed by atoms with Gasteiger partial charge in [0.15, 0.2) is 0 Å². The largest absolute Gasteiger partial charge is 0.336 e. The predicted molar refractivity (Wildman–Crippen MR) is 101 cm³/mol. The molecule has 2 amide bonds. The van der Waals surface area contributed by atoms with Crippen molar-refractivity contribution in [2.45, 2.75) is 13.0 Å². The molecule has 1 aliphatic heterocycles. The number of fused-ring (bicyclic) bond motifs is 1. The molecule has 27 heavy (non-hydrogen) atoms. The minimum Gasteiger partial charge on any atom is -0.336 e. The zero-order valence-electron chi connectivity index (χ0n) is 14.7. The Labute approximate surface area is 161 Å². The fourth-order valence-corrected chi connectivity index (χ4v) is 3.28. The Morgan fingerprint density at radius 2 is 1.93 bits per heavy atom. The lowest BCUT2D eigenvalue weighted by molar-refractivity contribution is -0.384. The van der Waals surface area contributed by atoms with E-state index < -0.39 is 10.8 Å². The number of hydrogen-bond donors (Lipinski definition) is 0. The van der Waals surface area contributed by atoms with Crippen LogP contribution in [0.3, 0.4) is 0 Å². The van der Waals surface area contributed by atoms with E-state index in [-0.39, 0.29) is 28.7 Å². The molecule has 0 radical (unpaired) electrons. The maximum Gasteiger partial charge on any atom is 0.288 e. The van der Waals surface area contributed by atoms with Gasteiger partial charge < -0.3 is 9.80 Å². The molecule has 2 aromatic carbocycles. The zero-order valence-corrected chi connectivity index (χ0v) is 15.5. The van der Waals surface area contributed by atoms with Crippen molar-refractivity contribution in [1.82, 2.24) is 9.80 Å². The third kappa shape index (κ3) is 4.09. The number of halogens is 1. The number of carbonyl (C=O) groups excluding carboxylic acids is 2. The highest BCUT2D eigenvalue weighted by Crippen LogP contribution is 2.25. The van der Waals surface area contributed by atoms with E-state index in [1.807, 2.05) is 18.2 Å².